The van der Waals surface area contributed by atoms with Crippen LogP contribution in [-0.2, 0) is 4.79 Å². The SMILES string of the molecule is Cc1ccc(C(=O)NCC(N)=O)cc1Br. The fourth-order valence-corrected chi connectivity index (χ4v) is 1.38. The second-order valence-electron chi connectivity index (χ2n) is 3.11. The highest BCUT2D eigenvalue weighted by atomic mass is 79.9. The van der Waals surface area contributed by atoms with E-state index >= 15 is 0 Å². The van der Waals surface area contributed by atoms with Crippen LogP contribution in [0.15, 0.2) is 22.7 Å². The minimum Gasteiger partial charge on any atom is -0.368 e. The predicted octanol–water partition coefficient (Wildman–Crippen LogP) is 0.973. The maximum atomic E-state index is 11.5. The van der Waals surface area contributed by atoms with Gasteiger partial charge in [-0.25, -0.2) is 0 Å². The van der Waals surface area contributed by atoms with Crippen molar-refractivity contribution in [3.05, 3.63) is 33.8 Å². The van der Waals surface area contributed by atoms with Gasteiger partial charge in [-0.15, -0.1) is 0 Å². The molecule has 0 saturated carbocycles. The van der Waals surface area contributed by atoms with Gasteiger partial charge in [0.2, 0.25) is 5.91 Å². The number of halogens is 1. The first kappa shape index (κ1) is 11.7. The van der Waals surface area contributed by atoms with Gasteiger partial charge in [0.1, 0.15) is 0 Å². The third-order valence-corrected chi connectivity index (χ3v) is 2.71. The first-order valence-corrected chi connectivity index (χ1v) is 5.12. The Hall–Kier alpha value is -1.36. The summed E-state index contributed by atoms with van der Waals surface area (Å²) in [5.41, 5.74) is 6.45. The number of hydrogen-bond donors (Lipinski definition) is 2. The van der Waals surface area contributed by atoms with E-state index in [-0.39, 0.29) is 12.5 Å². The molecule has 0 unspecified atom stereocenters. The summed E-state index contributed by atoms with van der Waals surface area (Å²) in [5, 5.41) is 2.41. The Bertz CT molecular complexity index is 404. The second kappa shape index (κ2) is 4.93. The zero-order chi connectivity index (χ0) is 11.4. The number of nitrogens with two attached hydrogens (primary N) is 1. The van der Waals surface area contributed by atoms with E-state index in [0.717, 1.165) is 10.0 Å². The van der Waals surface area contributed by atoms with Gasteiger partial charge in [-0.05, 0) is 24.6 Å². The highest BCUT2D eigenvalue weighted by Gasteiger charge is 2.07. The van der Waals surface area contributed by atoms with Crippen LogP contribution in [0.1, 0.15) is 15.9 Å². The van der Waals surface area contributed by atoms with Gasteiger partial charge in [0.15, 0.2) is 0 Å². The van der Waals surface area contributed by atoms with Gasteiger partial charge in [-0.3, -0.25) is 9.59 Å². The van der Waals surface area contributed by atoms with Gasteiger partial charge >= 0.3 is 0 Å². The Morgan fingerprint density at radius 3 is 2.67 bits per heavy atom. The maximum absolute atomic E-state index is 11.5. The third-order valence-electron chi connectivity index (χ3n) is 1.86. The van der Waals surface area contributed by atoms with Gasteiger partial charge in [-0.1, -0.05) is 22.0 Å². The molecule has 0 aliphatic heterocycles. The predicted molar refractivity (Wildman–Crippen MR) is 60.4 cm³/mol. The Morgan fingerprint density at radius 2 is 2.13 bits per heavy atom. The van der Waals surface area contributed by atoms with Crippen molar-refractivity contribution in [2.45, 2.75) is 6.92 Å². The zero-order valence-corrected chi connectivity index (χ0v) is 9.80. The molecule has 80 valence electrons. The fraction of sp³-hybridized carbons (Fsp3) is 0.200. The Labute approximate surface area is 96.0 Å². The van der Waals surface area contributed by atoms with Gasteiger partial charge in [-0.2, -0.15) is 0 Å². The molecular formula is C10H11BrN2O2. The molecule has 0 aromatic heterocycles. The molecule has 1 aromatic rings. The van der Waals surface area contributed by atoms with E-state index in [9.17, 15) is 9.59 Å². The molecule has 1 rings (SSSR count). The molecule has 1 aromatic carbocycles. The van der Waals surface area contributed by atoms with Gasteiger partial charge < -0.3 is 11.1 Å². The van der Waals surface area contributed by atoms with E-state index < -0.39 is 5.91 Å². The maximum Gasteiger partial charge on any atom is 0.251 e. The van der Waals surface area contributed by atoms with Crippen LogP contribution in [0.5, 0.6) is 0 Å². The lowest BCUT2D eigenvalue weighted by Gasteiger charge is -2.04. The fourth-order valence-electron chi connectivity index (χ4n) is 1.00. The highest BCUT2D eigenvalue weighted by molar-refractivity contribution is 9.10. The molecule has 0 atom stereocenters. The monoisotopic (exact) mass is 270 g/mol. The van der Waals surface area contributed by atoms with Crippen LogP contribution >= 0.6 is 15.9 Å². The van der Waals surface area contributed by atoms with Crippen molar-refractivity contribution in [2.24, 2.45) is 5.73 Å². The molecule has 4 nitrogen and oxygen atoms in total. The first-order valence-electron chi connectivity index (χ1n) is 4.33. The number of amides is 2. The van der Waals surface area contributed by atoms with Gasteiger partial charge in [0.05, 0.1) is 6.54 Å². The molecule has 0 saturated heterocycles. The van der Waals surface area contributed by atoms with Crippen LogP contribution in [0.25, 0.3) is 0 Å². The lowest BCUT2D eigenvalue weighted by molar-refractivity contribution is -0.117. The number of carbonyl (C=O) groups excluding carboxylic acids is 2. The molecule has 0 aliphatic carbocycles. The van der Waals surface area contributed by atoms with Crippen molar-refractivity contribution >= 4 is 27.7 Å². The Kier molecular flexibility index (Phi) is 3.85. The summed E-state index contributed by atoms with van der Waals surface area (Å²) in [6, 6.07) is 5.21. The zero-order valence-electron chi connectivity index (χ0n) is 8.21. The number of hydrogen-bond acceptors (Lipinski definition) is 2. The standard InChI is InChI=1S/C10H11BrN2O2/c1-6-2-3-7(4-8(6)11)10(15)13-5-9(12)14/h2-4H,5H2,1H3,(H2,12,14)(H,13,15). The molecule has 0 aliphatic rings. The summed E-state index contributed by atoms with van der Waals surface area (Å²) in [5.74, 6) is -0.871. The van der Waals surface area contributed by atoms with Gasteiger partial charge in [0.25, 0.3) is 5.91 Å². The summed E-state index contributed by atoms with van der Waals surface area (Å²) < 4.78 is 0.856. The summed E-state index contributed by atoms with van der Waals surface area (Å²) in [6.07, 6.45) is 0. The van der Waals surface area contributed by atoms with Crippen LogP contribution < -0.4 is 11.1 Å². The van der Waals surface area contributed by atoms with Crippen molar-refractivity contribution < 1.29 is 9.59 Å². The highest BCUT2D eigenvalue weighted by Crippen LogP contribution is 2.17. The molecule has 5 heteroatoms. The molecule has 0 spiro atoms. The molecule has 0 fully saturated rings. The lowest BCUT2D eigenvalue weighted by Crippen LogP contribution is -2.33. The smallest absolute Gasteiger partial charge is 0.251 e. The van der Waals surface area contributed by atoms with E-state index in [1.54, 1.807) is 12.1 Å². The second-order valence-corrected chi connectivity index (χ2v) is 3.97. The number of aryl methyl sites for hydroxylation is 1. The molecule has 0 heterocycles. The molecule has 0 bridgehead atoms. The largest absolute Gasteiger partial charge is 0.368 e. The number of rotatable bonds is 3. The van der Waals surface area contributed by atoms with Crippen molar-refractivity contribution in [1.82, 2.24) is 5.32 Å². The Balaban J connectivity index is 2.74. The van der Waals surface area contributed by atoms with Crippen molar-refractivity contribution in [1.29, 1.82) is 0 Å². The average molecular weight is 271 g/mol. The number of primary amides is 1. The topological polar surface area (TPSA) is 72.2 Å². The number of carbonyl (C=O) groups is 2. The van der Waals surface area contributed by atoms with Crippen LogP contribution in [0.4, 0.5) is 0 Å². The van der Waals surface area contributed by atoms with Crippen LogP contribution in [0.2, 0.25) is 0 Å². The number of benzene rings is 1. The van der Waals surface area contributed by atoms with Crippen LogP contribution in [-0.4, -0.2) is 18.4 Å². The van der Waals surface area contributed by atoms with Crippen LogP contribution in [0.3, 0.4) is 0 Å². The molecular weight excluding hydrogens is 260 g/mol. The van der Waals surface area contributed by atoms with Crippen molar-refractivity contribution in [2.75, 3.05) is 6.54 Å². The van der Waals surface area contributed by atoms with Crippen molar-refractivity contribution in [3.8, 4) is 0 Å². The molecule has 0 radical (unpaired) electrons. The van der Waals surface area contributed by atoms with E-state index in [2.05, 4.69) is 21.2 Å². The summed E-state index contributed by atoms with van der Waals surface area (Å²) in [4.78, 5) is 21.9. The normalized spacial score (nSPS) is 9.73. The molecule has 15 heavy (non-hydrogen) atoms. The third kappa shape index (κ3) is 3.36. The lowest BCUT2D eigenvalue weighted by atomic mass is 10.1. The minimum absolute atomic E-state index is 0.148. The minimum atomic E-state index is -0.561. The first-order chi connectivity index (χ1) is 7.00. The van der Waals surface area contributed by atoms with Gasteiger partial charge in [0, 0.05) is 10.0 Å². The van der Waals surface area contributed by atoms with Crippen LogP contribution in [0, 0.1) is 6.92 Å². The number of nitrogens with one attached hydrogen (secondary N) is 1. The van der Waals surface area contributed by atoms with E-state index in [1.165, 1.54) is 0 Å². The van der Waals surface area contributed by atoms with E-state index in [1.807, 2.05) is 13.0 Å². The summed E-state index contributed by atoms with van der Waals surface area (Å²) in [7, 11) is 0. The van der Waals surface area contributed by atoms with E-state index in [0.29, 0.717) is 5.56 Å². The quantitative estimate of drug-likeness (QED) is 0.859. The molecule has 2 amide bonds. The van der Waals surface area contributed by atoms with Crippen molar-refractivity contribution in [3.63, 3.8) is 0 Å². The Morgan fingerprint density at radius 1 is 1.47 bits per heavy atom. The summed E-state index contributed by atoms with van der Waals surface area (Å²) in [6.45, 7) is 1.78. The summed E-state index contributed by atoms with van der Waals surface area (Å²) >= 11 is 3.32. The molecule has 3 N–H and O–H groups in total. The average Bonchev–Trinajstić information content (AvgIpc) is 2.18. The van der Waals surface area contributed by atoms with E-state index in [4.69, 9.17) is 5.73 Å².